The van der Waals surface area contributed by atoms with Gasteiger partial charge in [-0.25, -0.2) is 13.1 Å². The number of para-hydroxylation sites is 1. The van der Waals surface area contributed by atoms with Crippen molar-refractivity contribution < 1.29 is 22.7 Å². The smallest absolute Gasteiger partial charge is 0.255 e. The van der Waals surface area contributed by atoms with Crippen molar-refractivity contribution in [2.45, 2.75) is 50.2 Å². The molecule has 0 radical (unpaired) electrons. The number of hydrogen-bond donors (Lipinski definition) is 3. The number of nitrogens with one attached hydrogen (secondary N) is 3. The van der Waals surface area contributed by atoms with Crippen LogP contribution in [0.15, 0.2) is 53.4 Å². The molecule has 2 amide bonds. The van der Waals surface area contributed by atoms with Crippen molar-refractivity contribution in [3.63, 3.8) is 0 Å². The van der Waals surface area contributed by atoms with Crippen LogP contribution in [0.25, 0.3) is 0 Å². The van der Waals surface area contributed by atoms with E-state index in [0.29, 0.717) is 11.3 Å². The molecule has 172 valence electrons. The molecule has 0 saturated heterocycles. The average molecular weight is 460 g/mol. The highest BCUT2D eigenvalue weighted by molar-refractivity contribution is 7.89. The van der Waals surface area contributed by atoms with Crippen LogP contribution in [0.3, 0.4) is 0 Å². The van der Waals surface area contributed by atoms with E-state index in [-0.39, 0.29) is 29.3 Å². The summed E-state index contributed by atoms with van der Waals surface area (Å²) < 4.78 is 32.4. The zero-order valence-corrected chi connectivity index (χ0v) is 19.2. The maximum Gasteiger partial charge on any atom is 0.255 e. The third-order valence-corrected chi connectivity index (χ3v) is 6.72. The lowest BCUT2D eigenvalue weighted by Crippen LogP contribution is -2.49. The van der Waals surface area contributed by atoms with Gasteiger partial charge >= 0.3 is 0 Å². The van der Waals surface area contributed by atoms with Crippen LogP contribution in [0.1, 0.15) is 42.6 Å². The molecule has 0 bridgehead atoms. The summed E-state index contributed by atoms with van der Waals surface area (Å²) in [5.41, 5.74) is 1.10. The number of benzene rings is 2. The monoisotopic (exact) mass is 459 g/mol. The SMILES string of the molecule is COc1ccccc1C(=O)NC(C(=O)NCc1ccc(S(=O)(=O)NC2CC2)cc1)C(C)C. The number of carbonyl (C=O) groups excluding carboxylic acids is 2. The number of sulfonamides is 1. The minimum Gasteiger partial charge on any atom is -0.496 e. The van der Waals surface area contributed by atoms with E-state index in [2.05, 4.69) is 15.4 Å². The van der Waals surface area contributed by atoms with Gasteiger partial charge in [-0.15, -0.1) is 0 Å². The van der Waals surface area contributed by atoms with Gasteiger partial charge < -0.3 is 15.4 Å². The van der Waals surface area contributed by atoms with E-state index in [4.69, 9.17) is 4.74 Å². The molecule has 0 heterocycles. The maximum absolute atomic E-state index is 12.8. The zero-order valence-electron chi connectivity index (χ0n) is 18.4. The number of ether oxygens (including phenoxy) is 1. The Kier molecular flexibility index (Phi) is 7.52. The van der Waals surface area contributed by atoms with Crippen LogP contribution >= 0.6 is 0 Å². The highest BCUT2D eigenvalue weighted by Crippen LogP contribution is 2.22. The second kappa shape index (κ2) is 10.1. The molecule has 1 fully saturated rings. The number of hydrogen-bond acceptors (Lipinski definition) is 5. The fraction of sp³-hybridized carbons (Fsp3) is 0.391. The van der Waals surface area contributed by atoms with E-state index in [1.165, 1.54) is 19.2 Å². The van der Waals surface area contributed by atoms with E-state index in [0.717, 1.165) is 18.4 Å². The highest BCUT2D eigenvalue weighted by atomic mass is 32.2. The van der Waals surface area contributed by atoms with Gasteiger partial charge in [-0.05, 0) is 48.6 Å². The zero-order chi connectivity index (χ0) is 23.3. The third-order valence-electron chi connectivity index (χ3n) is 5.19. The summed E-state index contributed by atoms with van der Waals surface area (Å²) in [6.07, 6.45) is 1.74. The molecular formula is C23H29N3O5S. The summed E-state index contributed by atoms with van der Waals surface area (Å²) in [5.74, 6) is -0.432. The lowest BCUT2D eigenvalue weighted by atomic mass is 10.0. The molecule has 3 N–H and O–H groups in total. The summed E-state index contributed by atoms with van der Waals surface area (Å²) in [6.45, 7) is 3.90. The Labute approximate surface area is 188 Å². The van der Waals surface area contributed by atoms with Crippen LogP contribution < -0.4 is 20.1 Å². The van der Waals surface area contributed by atoms with E-state index in [9.17, 15) is 18.0 Å². The average Bonchev–Trinajstić information content (AvgIpc) is 3.59. The Morgan fingerprint density at radius 3 is 2.31 bits per heavy atom. The molecule has 9 heteroatoms. The first kappa shape index (κ1) is 23.7. The van der Waals surface area contributed by atoms with Gasteiger partial charge in [0.2, 0.25) is 15.9 Å². The van der Waals surface area contributed by atoms with E-state index >= 15 is 0 Å². The first-order valence-electron chi connectivity index (χ1n) is 10.5. The van der Waals surface area contributed by atoms with Crippen molar-refractivity contribution in [3.05, 3.63) is 59.7 Å². The van der Waals surface area contributed by atoms with Gasteiger partial charge in [-0.2, -0.15) is 0 Å². The minimum atomic E-state index is -3.51. The molecule has 0 aliphatic heterocycles. The van der Waals surface area contributed by atoms with E-state index in [1.54, 1.807) is 36.4 Å². The van der Waals surface area contributed by atoms with Crippen LogP contribution in [-0.4, -0.2) is 39.4 Å². The largest absolute Gasteiger partial charge is 0.496 e. The Morgan fingerprint density at radius 2 is 1.72 bits per heavy atom. The van der Waals surface area contributed by atoms with Crippen molar-refractivity contribution in [2.75, 3.05) is 7.11 Å². The number of methoxy groups -OCH3 is 1. The fourth-order valence-electron chi connectivity index (χ4n) is 3.16. The quantitative estimate of drug-likeness (QED) is 0.504. The van der Waals surface area contributed by atoms with Crippen molar-refractivity contribution in [1.29, 1.82) is 0 Å². The predicted molar refractivity (Wildman–Crippen MR) is 121 cm³/mol. The van der Waals surface area contributed by atoms with E-state index < -0.39 is 22.0 Å². The molecular weight excluding hydrogens is 430 g/mol. The Hall–Kier alpha value is -2.91. The van der Waals surface area contributed by atoms with Gasteiger partial charge in [0.25, 0.3) is 5.91 Å². The topological polar surface area (TPSA) is 114 Å². The summed E-state index contributed by atoms with van der Waals surface area (Å²) in [5, 5.41) is 5.59. The summed E-state index contributed by atoms with van der Waals surface area (Å²) in [4.78, 5) is 25.7. The molecule has 1 unspecified atom stereocenters. The summed E-state index contributed by atoms with van der Waals surface area (Å²) in [6, 6.07) is 12.5. The van der Waals surface area contributed by atoms with Crippen LogP contribution in [0.2, 0.25) is 0 Å². The summed E-state index contributed by atoms with van der Waals surface area (Å²) in [7, 11) is -2.03. The van der Waals surface area contributed by atoms with Gasteiger partial charge in [0.15, 0.2) is 0 Å². The van der Waals surface area contributed by atoms with Crippen LogP contribution in [0, 0.1) is 5.92 Å². The number of carbonyl (C=O) groups is 2. The van der Waals surface area contributed by atoms with Gasteiger partial charge in [-0.1, -0.05) is 38.1 Å². The van der Waals surface area contributed by atoms with Gasteiger partial charge in [0.05, 0.1) is 17.6 Å². The van der Waals surface area contributed by atoms with Gasteiger partial charge in [0.1, 0.15) is 11.8 Å². The maximum atomic E-state index is 12.8. The molecule has 2 aromatic rings. The van der Waals surface area contributed by atoms with Crippen LogP contribution in [-0.2, 0) is 21.4 Å². The molecule has 32 heavy (non-hydrogen) atoms. The molecule has 0 aromatic heterocycles. The fourth-order valence-corrected chi connectivity index (χ4v) is 4.47. The van der Waals surface area contributed by atoms with E-state index in [1.807, 2.05) is 13.8 Å². The van der Waals surface area contributed by atoms with Crippen LogP contribution in [0.4, 0.5) is 0 Å². The molecule has 1 aliphatic carbocycles. The highest BCUT2D eigenvalue weighted by Gasteiger charge is 2.28. The van der Waals surface area contributed by atoms with Gasteiger partial charge in [-0.3, -0.25) is 9.59 Å². The lowest BCUT2D eigenvalue weighted by molar-refractivity contribution is -0.124. The molecule has 2 aromatic carbocycles. The Morgan fingerprint density at radius 1 is 1.06 bits per heavy atom. The van der Waals surface area contributed by atoms with Gasteiger partial charge in [0, 0.05) is 12.6 Å². The van der Waals surface area contributed by atoms with Crippen molar-refractivity contribution in [1.82, 2.24) is 15.4 Å². The standard InChI is InChI=1S/C23H29N3O5S/c1-15(2)21(25-22(27)19-6-4-5-7-20(19)31-3)23(28)24-14-16-8-12-18(13-9-16)32(29,30)26-17-10-11-17/h4-9,12-13,15,17,21,26H,10-11,14H2,1-3H3,(H,24,28)(H,25,27). The first-order valence-corrected chi connectivity index (χ1v) is 12.0. The second-order valence-corrected chi connectivity index (χ2v) is 9.87. The first-order chi connectivity index (χ1) is 15.2. The van der Waals surface area contributed by atoms with Crippen molar-refractivity contribution in [2.24, 2.45) is 5.92 Å². The van der Waals surface area contributed by atoms with Crippen LogP contribution in [0.5, 0.6) is 5.75 Å². The lowest BCUT2D eigenvalue weighted by Gasteiger charge is -2.22. The summed E-state index contributed by atoms with van der Waals surface area (Å²) >= 11 is 0. The molecule has 1 atom stereocenters. The second-order valence-electron chi connectivity index (χ2n) is 8.15. The minimum absolute atomic E-state index is 0.0398. The number of amides is 2. The normalized spacial score (nSPS) is 14.6. The van der Waals surface area contributed by atoms with Crippen molar-refractivity contribution in [3.8, 4) is 5.75 Å². The molecule has 0 spiro atoms. The predicted octanol–water partition coefficient (Wildman–Crippen LogP) is 2.21. The molecule has 1 aliphatic rings. The number of rotatable bonds is 10. The molecule has 1 saturated carbocycles. The molecule has 3 rings (SSSR count). The van der Waals surface area contributed by atoms with Crippen molar-refractivity contribution >= 4 is 21.8 Å². The Balaban J connectivity index is 1.60. The third kappa shape index (κ3) is 6.08. The Bertz CT molecular complexity index is 1060. The molecule has 8 nitrogen and oxygen atoms in total.